The van der Waals surface area contributed by atoms with Gasteiger partial charge in [-0.1, -0.05) is 24.6 Å². The Morgan fingerprint density at radius 2 is 2.07 bits per heavy atom. The molecule has 1 aromatic rings. The van der Waals surface area contributed by atoms with Crippen molar-refractivity contribution in [3.63, 3.8) is 0 Å². The number of hydrogen-bond acceptors (Lipinski definition) is 1. The average Bonchev–Trinajstić information content (AvgIpc) is 2.21. The molecule has 0 saturated heterocycles. The van der Waals surface area contributed by atoms with E-state index in [0.717, 1.165) is 12.0 Å². The molecule has 0 spiro atoms. The van der Waals surface area contributed by atoms with Crippen LogP contribution in [0.2, 0.25) is 5.02 Å². The summed E-state index contributed by atoms with van der Waals surface area (Å²) >= 11 is 5.73. The van der Waals surface area contributed by atoms with Crippen molar-refractivity contribution in [3.05, 3.63) is 34.6 Å². The van der Waals surface area contributed by atoms with E-state index in [1.807, 2.05) is 0 Å². The molecule has 2 atom stereocenters. The van der Waals surface area contributed by atoms with Crippen molar-refractivity contribution >= 4 is 11.6 Å². The highest BCUT2D eigenvalue weighted by molar-refractivity contribution is 6.30. The molecule has 0 radical (unpaired) electrons. The van der Waals surface area contributed by atoms with Crippen LogP contribution in [0, 0.1) is 5.82 Å². The van der Waals surface area contributed by atoms with Crippen LogP contribution in [0.25, 0.3) is 0 Å². The van der Waals surface area contributed by atoms with Crippen molar-refractivity contribution in [3.8, 4) is 0 Å². The first kappa shape index (κ1) is 12.5. The maximum absolute atomic E-state index is 12.9. The molecule has 0 saturated carbocycles. The summed E-state index contributed by atoms with van der Waals surface area (Å²) in [6, 6.07) is 5.49. The van der Waals surface area contributed by atoms with Gasteiger partial charge in [-0.25, -0.2) is 4.39 Å². The summed E-state index contributed by atoms with van der Waals surface area (Å²) in [6.07, 6.45) is 1.07. The van der Waals surface area contributed by atoms with Gasteiger partial charge in [-0.3, -0.25) is 0 Å². The van der Waals surface area contributed by atoms with Crippen LogP contribution in [0.3, 0.4) is 0 Å². The second kappa shape index (κ2) is 5.47. The lowest BCUT2D eigenvalue weighted by Gasteiger charge is -2.19. The van der Waals surface area contributed by atoms with Gasteiger partial charge in [0.15, 0.2) is 0 Å². The van der Waals surface area contributed by atoms with E-state index in [4.69, 9.17) is 11.6 Å². The highest BCUT2D eigenvalue weighted by Gasteiger charge is 2.09. The molecule has 15 heavy (non-hydrogen) atoms. The van der Waals surface area contributed by atoms with E-state index in [0.29, 0.717) is 6.04 Å². The van der Waals surface area contributed by atoms with Gasteiger partial charge in [-0.05, 0) is 38.0 Å². The zero-order valence-corrected chi connectivity index (χ0v) is 10.1. The van der Waals surface area contributed by atoms with Gasteiger partial charge in [-0.15, -0.1) is 0 Å². The maximum Gasteiger partial charge on any atom is 0.141 e. The third-order valence-corrected chi connectivity index (χ3v) is 2.88. The quantitative estimate of drug-likeness (QED) is 0.825. The molecule has 0 aliphatic carbocycles. The normalized spacial score (nSPS) is 15.0. The molecule has 1 rings (SSSR count). The lowest BCUT2D eigenvalue weighted by atomic mass is 10.1. The predicted octanol–water partition coefficient (Wildman–Crippen LogP) is 3.93. The molecule has 1 N–H and O–H groups in total. The highest BCUT2D eigenvalue weighted by Crippen LogP contribution is 2.21. The van der Waals surface area contributed by atoms with E-state index in [1.165, 1.54) is 6.07 Å². The van der Waals surface area contributed by atoms with Gasteiger partial charge in [0.05, 0.1) is 5.02 Å². The van der Waals surface area contributed by atoms with Crippen LogP contribution in [0.1, 0.15) is 38.8 Å². The van der Waals surface area contributed by atoms with E-state index in [-0.39, 0.29) is 16.9 Å². The summed E-state index contributed by atoms with van der Waals surface area (Å²) in [5.74, 6) is -0.365. The van der Waals surface area contributed by atoms with Crippen LogP contribution in [0.4, 0.5) is 4.39 Å². The van der Waals surface area contributed by atoms with Crippen LogP contribution in [0.15, 0.2) is 18.2 Å². The lowest BCUT2D eigenvalue weighted by molar-refractivity contribution is 0.469. The zero-order chi connectivity index (χ0) is 11.4. The first-order valence-electron chi connectivity index (χ1n) is 5.25. The molecular weight excluding hydrogens is 213 g/mol. The van der Waals surface area contributed by atoms with Crippen molar-refractivity contribution in [2.75, 3.05) is 0 Å². The SMILES string of the molecule is CC[C@@H](C)N[C@H](C)c1ccc(F)c(Cl)c1. The molecule has 3 heteroatoms. The van der Waals surface area contributed by atoms with E-state index in [2.05, 4.69) is 26.1 Å². The Bertz CT molecular complexity index is 327. The fraction of sp³-hybridized carbons (Fsp3) is 0.500. The molecule has 0 aromatic heterocycles. The summed E-state index contributed by atoms with van der Waals surface area (Å²) in [6.45, 7) is 6.30. The number of nitrogens with one attached hydrogen (secondary N) is 1. The molecule has 0 fully saturated rings. The van der Waals surface area contributed by atoms with E-state index >= 15 is 0 Å². The van der Waals surface area contributed by atoms with Gasteiger partial charge in [0.1, 0.15) is 5.82 Å². The Morgan fingerprint density at radius 3 is 2.60 bits per heavy atom. The van der Waals surface area contributed by atoms with E-state index in [9.17, 15) is 4.39 Å². The molecule has 0 aliphatic rings. The summed E-state index contributed by atoms with van der Waals surface area (Å²) in [5.41, 5.74) is 1.02. The number of halogens is 2. The van der Waals surface area contributed by atoms with Crippen LogP contribution >= 0.6 is 11.6 Å². The summed E-state index contributed by atoms with van der Waals surface area (Å²) in [7, 11) is 0. The smallest absolute Gasteiger partial charge is 0.141 e. The van der Waals surface area contributed by atoms with Gasteiger partial charge in [-0.2, -0.15) is 0 Å². The molecule has 1 nitrogen and oxygen atoms in total. The highest BCUT2D eigenvalue weighted by atomic mass is 35.5. The van der Waals surface area contributed by atoms with Crippen molar-refractivity contribution in [2.24, 2.45) is 0 Å². The van der Waals surface area contributed by atoms with Crippen molar-refractivity contribution in [1.29, 1.82) is 0 Å². The number of rotatable bonds is 4. The third-order valence-electron chi connectivity index (χ3n) is 2.59. The Morgan fingerprint density at radius 1 is 1.40 bits per heavy atom. The number of hydrogen-bond donors (Lipinski definition) is 1. The molecule has 84 valence electrons. The number of benzene rings is 1. The van der Waals surface area contributed by atoms with Gasteiger partial charge in [0, 0.05) is 12.1 Å². The summed E-state index contributed by atoms with van der Waals surface area (Å²) < 4.78 is 12.9. The van der Waals surface area contributed by atoms with Gasteiger partial charge in [0.2, 0.25) is 0 Å². The molecular formula is C12H17ClFN. The molecule has 0 heterocycles. The van der Waals surface area contributed by atoms with Crippen molar-refractivity contribution in [1.82, 2.24) is 5.32 Å². The Hall–Kier alpha value is -0.600. The van der Waals surface area contributed by atoms with Crippen LogP contribution in [-0.2, 0) is 0 Å². The molecule has 0 bridgehead atoms. The molecule has 1 aromatic carbocycles. The summed E-state index contributed by atoms with van der Waals surface area (Å²) in [5, 5.41) is 3.60. The minimum Gasteiger partial charge on any atom is -0.308 e. The molecule has 0 unspecified atom stereocenters. The Kier molecular flexibility index (Phi) is 4.55. The lowest BCUT2D eigenvalue weighted by Crippen LogP contribution is -2.28. The van der Waals surface area contributed by atoms with E-state index in [1.54, 1.807) is 12.1 Å². The molecule has 0 amide bonds. The standard InChI is InChI=1S/C12H17ClFN/c1-4-8(2)15-9(3)10-5-6-12(14)11(13)7-10/h5-9,15H,4H2,1-3H3/t8-,9-/m1/s1. The second-order valence-corrected chi connectivity index (χ2v) is 4.28. The minimum atomic E-state index is -0.365. The summed E-state index contributed by atoms with van der Waals surface area (Å²) in [4.78, 5) is 0. The van der Waals surface area contributed by atoms with Crippen LogP contribution in [-0.4, -0.2) is 6.04 Å². The second-order valence-electron chi connectivity index (χ2n) is 3.87. The Balaban J connectivity index is 2.73. The fourth-order valence-electron chi connectivity index (χ4n) is 1.42. The minimum absolute atomic E-state index is 0.185. The largest absolute Gasteiger partial charge is 0.308 e. The predicted molar refractivity (Wildman–Crippen MR) is 62.7 cm³/mol. The van der Waals surface area contributed by atoms with Gasteiger partial charge < -0.3 is 5.32 Å². The van der Waals surface area contributed by atoms with Crippen molar-refractivity contribution in [2.45, 2.75) is 39.3 Å². The Labute approximate surface area is 95.6 Å². The molecule has 0 aliphatic heterocycles. The van der Waals surface area contributed by atoms with Gasteiger partial charge >= 0.3 is 0 Å². The first-order chi connectivity index (χ1) is 7.04. The first-order valence-corrected chi connectivity index (χ1v) is 5.63. The maximum atomic E-state index is 12.9. The monoisotopic (exact) mass is 229 g/mol. The average molecular weight is 230 g/mol. The van der Waals surface area contributed by atoms with Crippen molar-refractivity contribution < 1.29 is 4.39 Å². The third kappa shape index (κ3) is 3.47. The van der Waals surface area contributed by atoms with E-state index < -0.39 is 0 Å². The van der Waals surface area contributed by atoms with Gasteiger partial charge in [0.25, 0.3) is 0 Å². The van der Waals surface area contributed by atoms with Crippen LogP contribution < -0.4 is 5.32 Å². The topological polar surface area (TPSA) is 12.0 Å². The fourth-order valence-corrected chi connectivity index (χ4v) is 1.61. The zero-order valence-electron chi connectivity index (χ0n) is 9.35. The van der Waals surface area contributed by atoms with Crippen LogP contribution in [0.5, 0.6) is 0 Å².